The first-order valence-corrected chi connectivity index (χ1v) is 11.4. The van der Waals surface area contributed by atoms with E-state index in [1.165, 1.54) is 0 Å². The molecule has 0 radical (unpaired) electrons. The molecule has 0 fully saturated rings. The molecule has 1 atom stereocenters. The minimum Gasteiger partial charge on any atom is -0.384 e. The maximum atomic E-state index is 13.1. The van der Waals surface area contributed by atoms with Gasteiger partial charge in [-0.1, -0.05) is 29.8 Å². The summed E-state index contributed by atoms with van der Waals surface area (Å²) in [5.74, 6) is 0.00865. The molecule has 0 saturated carbocycles. The largest absolute Gasteiger partial charge is 0.384 e. The molecule has 0 spiro atoms. The Morgan fingerprint density at radius 1 is 1.20 bits per heavy atom. The third kappa shape index (κ3) is 3.40. The number of hydrogen-bond donors (Lipinski definition) is 1. The highest BCUT2D eigenvalue weighted by Gasteiger charge is 2.40. The van der Waals surface area contributed by atoms with Gasteiger partial charge < -0.3 is 5.73 Å². The van der Waals surface area contributed by atoms with E-state index >= 15 is 0 Å². The Morgan fingerprint density at radius 2 is 1.93 bits per heavy atom. The van der Waals surface area contributed by atoms with Crippen LogP contribution in [0.15, 0.2) is 70.0 Å². The molecule has 4 nitrogen and oxygen atoms in total. The lowest BCUT2D eigenvalue weighted by Crippen LogP contribution is -2.38. The number of aryl methyl sites for hydroxylation is 1. The summed E-state index contributed by atoms with van der Waals surface area (Å²) in [4.78, 5) is 16.1. The fourth-order valence-corrected chi connectivity index (χ4v) is 4.81. The van der Waals surface area contributed by atoms with Gasteiger partial charge in [-0.3, -0.25) is 9.69 Å². The summed E-state index contributed by atoms with van der Waals surface area (Å²) in [6, 6.07) is 16.0. The number of thioether (sulfide) groups is 1. The summed E-state index contributed by atoms with van der Waals surface area (Å²) in [6.07, 6.45) is 4.00. The maximum Gasteiger partial charge on any atom is 0.161 e. The minimum atomic E-state index is -0.439. The van der Waals surface area contributed by atoms with E-state index in [0.29, 0.717) is 28.4 Å². The molecule has 0 bridgehead atoms. The Hall–Kier alpha value is -2.68. The van der Waals surface area contributed by atoms with Gasteiger partial charge in [0.1, 0.15) is 5.82 Å². The smallest absolute Gasteiger partial charge is 0.161 e. The van der Waals surface area contributed by atoms with Gasteiger partial charge in [-0.25, -0.2) is 0 Å². The Kier molecular flexibility index (Phi) is 5.64. The fraction of sp³-hybridized carbons (Fsp3) is 0.250. The first kappa shape index (κ1) is 20.6. The van der Waals surface area contributed by atoms with Gasteiger partial charge in [0.15, 0.2) is 5.78 Å². The van der Waals surface area contributed by atoms with Crippen LogP contribution in [0.1, 0.15) is 36.3 Å². The van der Waals surface area contributed by atoms with Crippen molar-refractivity contribution in [3.63, 3.8) is 0 Å². The second-order valence-electron chi connectivity index (χ2n) is 7.52. The van der Waals surface area contributed by atoms with E-state index in [0.717, 1.165) is 40.2 Å². The highest BCUT2D eigenvalue weighted by Crippen LogP contribution is 2.46. The van der Waals surface area contributed by atoms with Crippen LogP contribution in [0.4, 0.5) is 5.69 Å². The van der Waals surface area contributed by atoms with Crippen molar-refractivity contribution in [2.24, 2.45) is 5.73 Å². The number of carbonyl (C=O) groups is 1. The number of hydrogen-bond acceptors (Lipinski definition) is 5. The summed E-state index contributed by atoms with van der Waals surface area (Å²) in [6.45, 7) is 1.94. The summed E-state index contributed by atoms with van der Waals surface area (Å²) in [7, 11) is 0. The number of halogens is 1. The highest BCUT2D eigenvalue weighted by atomic mass is 35.5. The number of ketones is 1. The monoisotopic (exact) mass is 435 g/mol. The normalized spacial score (nSPS) is 19.1. The van der Waals surface area contributed by atoms with Crippen molar-refractivity contribution in [3.8, 4) is 6.07 Å². The molecule has 0 unspecified atom stereocenters. The maximum absolute atomic E-state index is 13.1. The molecule has 2 aliphatic rings. The minimum absolute atomic E-state index is 0.0821. The van der Waals surface area contributed by atoms with Gasteiger partial charge >= 0.3 is 0 Å². The predicted octanol–water partition coefficient (Wildman–Crippen LogP) is 5.68. The van der Waals surface area contributed by atoms with Gasteiger partial charge in [-0.05, 0) is 61.4 Å². The molecule has 0 amide bonds. The van der Waals surface area contributed by atoms with Gasteiger partial charge in [-0.2, -0.15) is 5.26 Å². The van der Waals surface area contributed by atoms with Crippen LogP contribution in [-0.2, 0) is 4.79 Å². The van der Waals surface area contributed by atoms with Crippen LogP contribution in [0.25, 0.3) is 0 Å². The van der Waals surface area contributed by atoms with E-state index < -0.39 is 5.92 Å². The first-order valence-electron chi connectivity index (χ1n) is 9.82. The van der Waals surface area contributed by atoms with E-state index in [1.54, 1.807) is 11.8 Å². The third-order valence-corrected chi connectivity index (χ3v) is 6.93. The van der Waals surface area contributed by atoms with Gasteiger partial charge in [0.05, 0.1) is 17.6 Å². The van der Waals surface area contributed by atoms with E-state index in [1.807, 2.05) is 60.5 Å². The lowest BCUT2D eigenvalue weighted by molar-refractivity contribution is -0.116. The van der Waals surface area contributed by atoms with E-state index in [-0.39, 0.29) is 5.78 Å². The summed E-state index contributed by atoms with van der Waals surface area (Å²) >= 11 is 8.03. The highest BCUT2D eigenvalue weighted by molar-refractivity contribution is 7.98. The number of benzene rings is 2. The number of carbonyl (C=O) groups excluding carboxylic acids is 1. The van der Waals surface area contributed by atoms with Crippen molar-refractivity contribution in [2.45, 2.75) is 37.0 Å². The number of Topliss-reactive ketones (excluding diaryl/α,β-unsaturated/α-hetero) is 1. The summed E-state index contributed by atoms with van der Waals surface area (Å²) in [5, 5.41) is 10.7. The molecule has 2 aromatic rings. The molecular weight excluding hydrogens is 414 g/mol. The van der Waals surface area contributed by atoms with Crippen molar-refractivity contribution in [1.29, 1.82) is 5.26 Å². The Morgan fingerprint density at radius 3 is 2.57 bits per heavy atom. The number of rotatable bonds is 3. The van der Waals surface area contributed by atoms with Crippen molar-refractivity contribution < 1.29 is 4.79 Å². The molecular formula is C24H22ClN3OS. The van der Waals surface area contributed by atoms with Crippen LogP contribution in [0.3, 0.4) is 0 Å². The van der Waals surface area contributed by atoms with Crippen molar-refractivity contribution in [1.82, 2.24) is 0 Å². The molecule has 152 valence electrons. The van der Waals surface area contributed by atoms with Gasteiger partial charge in [0.2, 0.25) is 0 Å². The molecule has 2 N–H and O–H groups in total. The number of nitriles is 1. The van der Waals surface area contributed by atoms with Crippen LogP contribution < -0.4 is 10.6 Å². The number of nitrogens with two attached hydrogens (primary N) is 1. The van der Waals surface area contributed by atoms with Gasteiger partial charge in [0.25, 0.3) is 0 Å². The SMILES string of the molecule is CSc1ccc([C@H]2C(C#N)=C(N)N(c3ccc(C)c(Cl)c3)C3=C2C(=O)CCC3)cc1. The molecule has 6 heteroatoms. The second-order valence-corrected chi connectivity index (χ2v) is 8.81. The molecule has 2 aromatic carbocycles. The summed E-state index contributed by atoms with van der Waals surface area (Å²) in [5.41, 5.74) is 11.2. The first-order chi connectivity index (χ1) is 14.5. The molecule has 1 heterocycles. The number of nitrogens with zero attached hydrogens (tertiary/aromatic N) is 2. The average Bonchev–Trinajstić information content (AvgIpc) is 2.75. The molecule has 1 aliphatic heterocycles. The second kappa shape index (κ2) is 8.22. The number of anilines is 1. The lowest BCUT2D eigenvalue weighted by atomic mass is 9.75. The molecule has 0 saturated heterocycles. The standard InChI is InChI=1S/C24H22ClN3OS/c1-14-6-9-16(12-19(14)25)28-20-4-3-5-21(29)23(20)22(18(13-26)24(28)27)15-7-10-17(30-2)11-8-15/h6-12,22H,3-5,27H2,1-2H3/t22-/m0/s1. The van der Waals surface area contributed by atoms with Crippen molar-refractivity contribution >= 4 is 34.8 Å². The van der Waals surface area contributed by atoms with E-state index in [2.05, 4.69) is 6.07 Å². The Balaban J connectivity index is 1.93. The van der Waals surface area contributed by atoms with Crippen LogP contribution in [-0.4, -0.2) is 12.0 Å². The van der Waals surface area contributed by atoms with Crippen LogP contribution in [0.2, 0.25) is 5.02 Å². The quantitative estimate of drug-likeness (QED) is 0.628. The zero-order valence-electron chi connectivity index (χ0n) is 16.9. The molecule has 30 heavy (non-hydrogen) atoms. The zero-order chi connectivity index (χ0) is 21.4. The average molecular weight is 436 g/mol. The van der Waals surface area contributed by atoms with Crippen molar-refractivity contribution in [3.05, 3.63) is 81.3 Å². The lowest BCUT2D eigenvalue weighted by Gasteiger charge is -2.39. The van der Waals surface area contributed by atoms with E-state index in [9.17, 15) is 10.1 Å². The van der Waals surface area contributed by atoms with Crippen LogP contribution in [0.5, 0.6) is 0 Å². The van der Waals surface area contributed by atoms with Crippen LogP contribution >= 0.6 is 23.4 Å². The Bertz CT molecular complexity index is 1130. The number of allylic oxidation sites excluding steroid dienone is 3. The summed E-state index contributed by atoms with van der Waals surface area (Å²) < 4.78 is 0. The molecule has 4 rings (SSSR count). The predicted molar refractivity (Wildman–Crippen MR) is 122 cm³/mol. The molecule has 0 aromatic heterocycles. The third-order valence-electron chi connectivity index (χ3n) is 5.78. The molecule has 1 aliphatic carbocycles. The van der Waals surface area contributed by atoms with Gasteiger partial charge in [0, 0.05) is 33.3 Å². The fourth-order valence-electron chi connectivity index (χ4n) is 4.23. The topological polar surface area (TPSA) is 70.1 Å². The zero-order valence-corrected chi connectivity index (χ0v) is 18.5. The van der Waals surface area contributed by atoms with Crippen LogP contribution in [0, 0.1) is 18.3 Å². The van der Waals surface area contributed by atoms with Gasteiger partial charge in [-0.15, -0.1) is 11.8 Å². The van der Waals surface area contributed by atoms with Crippen molar-refractivity contribution in [2.75, 3.05) is 11.2 Å². The Labute approximate surface area is 186 Å². The van der Waals surface area contributed by atoms with E-state index in [4.69, 9.17) is 17.3 Å².